The van der Waals surface area contributed by atoms with Crippen LogP contribution >= 0.6 is 0 Å². The van der Waals surface area contributed by atoms with Crippen molar-refractivity contribution in [2.75, 3.05) is 20.3 Å². The number of ether oxygens (including phenoxy) is 3. The highest BCUT2D eigenvalue weighted by molar-refractivity contribution is 5.89. The van der Waals surface area contributed by atoms with Crippen LogP contribution in [0.2, 0.25) is 0 Å². The molecule has 1 rings (SSSR count). The smallest absolute Gasteiger partial charge is 0.331 e. The zero-order valence-electron chi connectivity index (χ0n) is 15.5. The second kappa shape index (κ2) is 10.4. The van der Waals surface area contributed by atoms with E-state index in [1.807, 2.05) is 19.9 Å². The fraction of sp³-hybridized carbons (Fsp3) is 0.474. The Morgan fingerprint density at radius 2 is 1.88 bits per heavy atom. The van der Waals surface area contributed by atoms with Crippen LogP contribution in [-0.2, 0) is 14.3 Å². The lowest BCUT2D eigenvalue weighted by Gasteiger charge is -2.12. The summed E-state index contributed by atoms with van der Waals surface area (Å²) in [6, 6.07) is 5.38. The minimum atomic E-state index is -0.585. The van der Waals surface area contributed by atoms with E-state index >= 15 is 0 Å². The van der Waals surface area contributed by atoms with Gasteiger partial charge in [-0.1, -0.05) is 19.9 Å². The topological polar surface area (TPSA) is 73.9 Å². The maximum Gasteiger partial charge on any atom is 0.331 e. The average molecular weight is 349 g/mol. The van der Waals surface area contributed by atoms with Crippen LogP contribution in [0.1, 0.15) is 33.3 Å². The number of hydrogen-bond donors (Lipinski definition) is 1. The summed E-state index contributed by atoms with van der Waals surface area (Å²) in [6.07, 6.45) is 2.86. The van der Waals surface area contributed by atoms with E-state index in [-0.39, 0.29) is 18.6 Å². The molecule has 6 heteroatoms. The molecule has 0 atom stereocenters. The van der Waals surface area contributed by atoms with E-state index < -0.39 is 5.97 Å². The molecule has 6 nitrogen and oxygen atoms in total. The van der Waals surface area contributed by atoms with Gasteiger partial charge in [-0.3, -0.25) is 4.79 Å². The second-order valence-electron chi connectivity index (χ2n) is 6.28. The number of nitrogens with one attached hydrogen (secondary N) is 1. The molecule has 1 aromatic rings. The van der Waals surface area contributed by atoms with Crippen LogP contribution in [0.3, 0.4) is 0 Å². The molecule has 138 valence electrons. The van der Waals surface area contributed by atoms with Gasteiger partial charge in [0.1, 0.15) is 0 Å². The number of hydrogen-bond acceptors (Lipinski definition) is 5. The lowest BCUT2D eigenvalue weighted by molar-refractivity contribution is -0.143. The quantitative estimate of drug-likeness (QED) is 0.548. The van der Waals surface area contributed by atoms with Gasteiger partial charge in [-0.2, -0.15) is 0 Å². The highest BCUT2D eigenvalue weighted by atomic mass is 16.5. The Balaban J connectivity index is 2.61. The number of carbonyl (C=O) groups excluding carboxylic acids is 2. The Kier molecular flexibility index (Phi) is 8.53. The Labute approximate surface area is 149 Å². The predicted molar refractivity (Wildman–Crippen MR) is 96.6 cm³/mol. The predicted octanol–water partition coefficient (Wildman–Crippen LogP) is 2.81. The first-order valence-electron chi connectivity index (χ1n) is 8.26. The highest BCUT2D eigenvalue weighted by Crippen LogP contribution is 2.28. The number of benzene rings is 1. The molecule has 0 fully saturated rings. The Hall–Kier alpha value is -2.50. The van der Waals surface area contributed by atoms with E-state index in [4.69, 9.17) is 14.2 Å². The van der Waals surface area contributed by atoms with Gasteiger partial charge in [-0.25, -0.2) is 4.79 Å². The van der Waals surface area contributed by atoms with E-state index in [9.17, 15) is 9.59 Å². The number of rotatable bonds is 9. The third-order valence-electron chi connectivity index (χ3n) is 2.97. The van der Waals surface area contributed by atoms with Gasteiger partial charge in [0, 0.05) is 12.1 Å². The third-order valence-corrected chi connectivity index (χ3v) is 2.97. The molecule has 0 aliphatic heterocycles. The summed E-state index contributed by atoms with van der Waals surface area (Å²) in [5.41, 5.74) is 0.761. The molecule has 0 saturated heterocycles. The van der Waals surface area contributed by atoms with Crippen molar-refractivity contribution in [3.63, 3.8) is 0 Å². The minimum Gasteiger partial charge on any atom is -0.493 e. The zero-order valence-corrected chi connectivity index (χ0v) is 15.5. The summed E-state index contributed by atoms with van der Waals surface area (Å²) < 4.78 is 15.9. The van der Waals surface area contributed by atoms with Crippen molar-refractivity contribution in [3.05, 3.63) is 29.8 Å². The molecule has 0 bridgehead atoms. The van der Waals surface area contributed by atoms with Gasteiger partial charge in [0.2, 0.25) is 0 Å². The maximum atomic E-state index is 11.7. The van der Waals surface area contributed by atoms with Crippen LogP contribution in [0.15, 0.2) is 24.3 Å². The summed E-state index contributed by atoms with van der Waals surface area (Å²) in [4.78, 5) is 23.1. The highest BCUT2D eigenvalue weighted by Gasteiger charge is 2.08. The molecule has 0 radical (unpaired) electrons. The first-order valence-corrected chi connectivity index (χ1v) is 8.26. The van der Waals surface area contributed by atoms with Crippen LogP contribution in [0.5, 0.6) is 11.5 Å². The molecular weight excluding hydrogens is 322 g/mol. The summed E-state index contributed by atoms with van der Waals surface area (Å²) in [5.74, 6) is 0.740. The lowest BCUT2D eigenvalue weighted by Crippen LogP contribution is -2.33. The number of amides is 1. The Morgan fingerprint density at radius 3 is 2.48 bits per heavy atom. The van der Waals surface area contributed by atoms with E-state index in [1.165, 1.54) is 6.08 Å². The van der Waals surface area contributed by atoms with Crippen molar-refractivity contribution in [1.82, 2.24) is 5.32 Å². The van der Waals surface area contributed by atoms with Gasteiger partial charge < -0.3 is 19.5 Å². The number of methoxy groups -OCH3 is 1. The zero-order chi connectivity index (χ0) is 18.8. The lowest BCUT2D eigenvalue weighted by atomic mass is 10.2. The van der Waals surface area contributed by atoms with Gasteiger partial charge in [-0.05, 0) is 43.5 Å². The molecule has 0 unspecified atom stereocenters. The fourth-order valence-electron chi connectivity index (χ4n) is 1.88. The maximum absolute atomic E-state index is 11.7. The van der Waals surface area contributed by atoms with E-state index in [0.29, 0.717) is 24.0 Å². The molecule has 1 aromatic carbocycles. The summed E-state index contributed by atoms with van der Waals surface area (Å²) in [5, 5.41) is 2.64. The van der Waals surface area contributed by atoms with Gasteiger partial charge in [0.15, 0.2) is 18.1 Å². The van der Waals surface area contributed by atoms with E-state index in [1.54, 1.807) is 25.3 Å². The van der Waals surface area contributed by atoms with Crippen molar-refractivity contribution < 1.29 is 23.8 Å². The standard InChI is InChI=1S/C19H27NO5/c1-13(2)11-24-16-8-6-15(10-17(16)23-5)7-9-19(22)25-12-18(21)20-14(3)4/h6-10,13-14H,11-12H2,1-5H3,(H,20,21)/b9-7+. The molecular formula is C19H27NO5. The van der Waals surface area contributed by atoms with Gasteiger partial charge in [-0.15, -0.1) is 0 Å². The monoisotopic (exact) mass is 349 g/mol. The van der Waals surface area contributed by atoms with Gasteiger partial charge >= 0.3 is 5.97 Å². The Bertz CT molecular complexity index is 608. The Morgan fingerprint density at radius 1 is 1.16 bits per heavy atom. The SMILES string of the molecule is COc1cc(/C=C/C(=O)OCC(=O)NC(C)C)ccc1OCC(C)C. The van der Waals surface area contributed by atoms with Gasteiger partial charge in [0.05, 0.1) is 13.7 Å². The largest absolute Gasteiger partial charge is 0.493 e. The molecule has 1 N–H and O–H groups in total. The molecule has 0 aliphatic rings. The second-order valence-corrected chi connectivity index (χ2v) is 6.28. The molecule has 0 saturated carbocycles. The van der Waals surface area contributed by atoms with Gasteiger partial charge in [0.25, 0.3) is 5.91 Å². The molecule has 0 aliphatic carbocycles. The molecule has 0 spiro atoms. The first kappa shape index (κ1) is 20.5. The van der Waals surface area contributed by atoms with Crippen LogP contribution in [0.4, 0.5) is 0 Å². The summed E-state index contributed by atoms with van der Waals surface area (Å²) in [6.45, 7) is 8.10. The summed E-state index contributed by atoms with van der Waals surface area (Å²) in [7, 11) is 1.56. The van der Waals surface area contributed by atoms with Crippen LogP contribution < -0.4 is 14.8 Å². The molecule has 0 aromatic heterocycles. The van der Waals surface area contributed by atoms with Crippen molar-refractivity contribution >= 4 is 18.0 Å². The average Bonchev–Trinajstić information content (AvgIpc) is 2.55. The summed E-state index contributed by atoms with van der Waals surface area (Å²) >= 11 is 0. The molecule has 1 amide bonds. The molecule has 25 heavy (non-hydrogen) atoms. The van der Waals surface area contributed by atoms with Crippen molar-refractivity contribution in [1.29, 1.82) is 0 Å². The van der Waals surface area contributed by atoms with Crippen LogP contribution in [0, 0.1) is 5.92 Å². The first-order chi connectivity index (χ1) is 11.8. The number of esters is 1. The fourth-order valence-corrected chi connectivity index (χ4v) is 1.88. The normalized spacial score (nSPS) is 11.0. The molecule has 0 heterocycles. The van der Waals surface area contributed by atoms with Crippen LogP contribution in [-0.4, -0.2) is 38.2 Å². The van der Waals surface area contributed by atoms with Crippen molar-refractivity contribution in [2.45, 2.75) is 33.7 Å². The van der Waals surface area contributed by atoms with Crippen molar-refractivity contribution in [2.24, 2.45) is 5.92 Å². The minimum absolute atomic E-state index is 0.00522. The third kappa shape index (κ3) is 8.24. The van der Waals surface area contributed by atoms with Crippen molar-refractivity contribution in [3.8, 4) is 11.5 Å². The van der Waals surface area contributed by atoms with E-state index in [2.05, 4.69) is 19.2 Å². The van der Waals surface area contributed by atoms with E-state index in [0.717, 1.165) is 5.56 Å². The number of carbonyl (C=O) groups is 2. The van der Waals surface area contributed by atoms with Crippen LogP contribution in [0.25, 0.3) is 6.08 Å².